The first-order valence-corrected chi connectivity index (χ1v) is 12.9. The van der Waals surface area contributed by atoms with E-state index >= 15 is 0 Å². The summed E-state index contributed by atoms with van der Waals surface area (Å²) in [4.78, 5) is 39.4. The number of aromatic amines is 1. The van der Waals surface area contributed by atoms with E-state index in [1.165, 1.54) is 17.3 Å². The zero-order valence-corrected chi connectivity index (χ0v) is 20.5. The van der Waals surface area contributed by atoms with Gasteiger partial charge in [-0.05, 0) is 38.3 Å². The highest BCUT2D eigenvalue weighted by molar-refractivity contribution is 7.99. The number of carbonyl (C=O) groups excluding carboxylic acids is 1. The highest BCUT2D eigenvalue weighted by Gasteiger charge is 2.24. The first-order chi connectivity index (χ1) is 15.4. The zero-order chi connectivity index (χ0) is 22.7. The number of thioether (sulfide) groups is 1. The maximum absolute atomic E-state index is 13.1. The number of hydrogen-bond donors (Lipinski definition) is 1. The summed E-state index contributed by atoms with van der Waals surface area (Å²) in [6.45, 7) is 10.3. The smallest absolute Gasteiger partial charge is 0.259 e. The molecular weight excluding hydrogens is 440 g/mol. The van der Waals surface area contributed by atoms with Gasteiger partial charge in [0.1, 0.15) is 10.7 Å². The molecule has 0 radical (unpaired) electrons. The van der Waals surface area contributed by atoms with Crippen molar-refractivity contribution >= 4 is 39.2 Å². The molecule has 4 rings (SSSR count). The highest BCUT2D eigenvalue weighted by atomic mass is 32.2. The third-order valence-corrected chi connectivity index (χ3v) is 8.30. The second kappa shape index (κ2) is 10.2. The molecule has 1 unspecified atom stereocenters. The van der Waals surface area contributed by atoms with Gasteiger partial charge in [-0.25, -0.2) is 4.98 Å². The number of hydrogen-bond acceptors (Lipinski definition) is 6. The van der Waals surface area contributed by atoms with Gasteiger partial charge in [-0.1, -0.05) is 30.3 Å². The van der Waals surface area contributed by atoms with Crippen LogP contribution in [-0.2, 0) is 17.1 Å². The van der Waals surface area contributed by atoms with Crippen LogP contribution in [0.5, 0.6) is 0 Å². The Balaban J connectivity index is 1.33. The fraction of sp³-hybridized carbons (Fsp3) is 0.458. The first-order valence-electron chi connectivity index (χ1n) is 11.1. The third-order valence-electron chi connectivity index (χ3n) is 6.06. The Morgan fingerprint density at radius 2 is 1.97 bits per heavy atom. The summed E-state index contributed by atoms with van der Waals surface area (Å²) < 4.78 is 0. The van der Waals surface area contributed by atoms with Gasteiger partial charge in [0.05, 0.1) is 16.4 Å². The van der Waals surface area contributed by atoms with Crippen LogP contribution in [0.2, 0.25) is 0 Å². The Morgan fingerprint density at radius 3 is 2.75 bits per heavy atom. The van der Waals surface area contributed by atoms with Crippen molar-refractivity contribution in [3.63, 3.8) is 0 Å². The quantitative estimate of drug-likeness (QED) is 0.591. The predicted molar refractivity (Wildman–Crippen MR) is 133 cm³/mol. The second-order valence-corrected chi connectivity index (χ2v) is 10.9. The molecular formula is C24H30N4O2S2. The minimum absolute atomic E-state index is 0.0857. The topological polar surface area (TPSA) is 69.3 Å². The first kappa shape index (κ1) is 23.0. The number of fused-ring (bicyclic) bond motifs is 1. The van der Waals surface area contributed by atoms with E-state index in [0.29, 0.717) is 17.0 Å². The number of aromatic nitrogens is 2. The number of rotatable bonds is 6. The summed E-state index contributed by atoms with van der Waals surface area (Å²) in [6, 6.07) is 10.5. The van der Waals surface area contributed by atoms with Crippen LogP contribution in [0, 0.1) is 13.8 Å². The molecule has 0 saturated carbocycles. The molecule has 1 aliphatic rings. The largest absolute Gasteiger partial charge is 0.340 e. The normalized spacial score (nSPS) is 16.3. The number of nitrogens with zero attached hydrogens (tertiary/aromatic N) is 3. The van der Waals surface area contributed by atoms with Crippen LogP contribution in [-0.4, -0.2) is 57.1 Å². The van der Waals surface area contributed by atoms with Crippen molar-refractivity contribution < 1.29 is 4.79 Å². The van der Waals surface area contributed by atoms with Gasteiger partial charge in [0, 0.05) is 37.6 Å². The molecule has 3 aromatic rings. The summed E-state index contributed by atoms with van der Waals surface area (Å²) in [7, 11) is 0. The Kier molecular flexibility index (Phi) is 7.33. The molecule has 1 saturated heterocycles. The Morgan fingerprint density at radius 1 is 1.19 bits per heavy atom. The van der Waals surface area contributed by atoms with E-state index in [4.69, 9.17) is 0 Å². The van der Waals surface area contributed by atoms with Crippen LogP contribution in [0.3, 0.4) is 0 Å². The van der Waals surface area contributed by atoms with Gasteiger partial charge >= 0.3 is 0 Å². The molecule has 1 atom stereocenters. The molecule has 0 aliphatic carbocycles. The fourth-order valence-electron chi connectivity index (χ4n) is 4.09. The van der Waals surface area contributed by atoms with Gasteiger partial charge in [-0.2, -0.15) is 0 Å². The molecule has 0 spiro atoms. The Bertz CT molecular complexity index is 1140. The maximum atomic E-state index is 13.1. The lowest BCUT2D eigenvalue weighted by molar-refractivity contribution is -0.130. The van der Waals surface area contributed by atoms with Crippen molar-refractivity contribution in [2.45, 2.75) is 44.7 Å². The Hall–Kier alpha value is -2.16. The van der Waals surface area contributed by atoms with E-state index in [2.05, 4.69) is 39.1 Å². The maximum Gasteiger partial charge on any atom is 0.259 e. The van der Waals surface area contributed by atoms with Crippen molar-refractivity contribution in [1.82, 2.24) is 19.8 Å². The van der Waals surface area contributed by atoms with E-state index in [1.807, 2.05) is 31.7 Å². The summed E-state index contributed by atoms with van der Waals surface area (Å²) >= 11 is 3.09. The lowest BCUT2D eigenvalue weighted by atomic mass is 10.2. The average Bonchev–Trinajstić information content (AvgIpc) is 2.93. The van der Waals surface area contributed by atoms with Crippen LogP contribution in [0.4, 0.5) is 0 Å². The monoisotopic (exact) mass is 470 g/mol. The third kappa shape index (κ3) is 5.24. The van der Waals surface area contributed by atoms with Gasteiger partial charge in [-0.15, -0.1) is 23.1 Å². The molecule has 6 nitrogen and oxygen atoms in total. The van der Waals surface area contributed by atoms with E-state index < -0.39 is 0 Å². The van der Waals surface area contributed by atoms with Crippen molar-refractivity contribution in [2.24, 2.45) is 0 Å². The molecule has 1 aromatic carbocycles. The predicted octanol–water partition coefficient (Wildman–Crippen LogP) is 3.96. The van der Waals surface area contributed by atoms with Crippen molar-refractivity contribution in [2.75, 3.05) is 26.2 Å². The number of H-pyrrole nitrogens is 1. The Labute approximate surface area is 197 Å². The average molecular weight is 471 g/mol. The van der Waals surface area contributed by atoms with Crippen molar-refractivity contribution in [3.05, 3.63) is 62.5 Å². The second-order valence-electron chi connectivity index (χ2n) is 8.37. The van der Waals surface area contributed by atoms with Gasteiger partial charge in [0.15, 0.2) is 0 Å². The minimum atomic E-state index is -0.177. The van der Waals surface area contributed by atoms with Gasteiger partial charge in [-0.3, -0.25) is 14.5 Å². The number of amides is 1. The highest BCUT2D eigenvalue weighted by Crippen LogP contribution is 2.27. The van der Waals surface area contributed by atoms with Gasteiger partial charge in [0.25, 0.3) is 5.56 Å². The van der Waals surface area contributed by atoms with Crippen molar-refractivity contribution in [1.29, 1.82) is 0 Å². The molecule has 170 valence electrons. The molecule has 1 aliphatic heterocycles. The summed E-state index contributed by atoms with van der Waals surface area (Å²) in [6.07, 6.45) is 0.985. The molecule has 1 N–H and O–H groups in total. The van der Waals surface area contributed by atoms with E-state index in [9.17, 15) is 9.59 Å². The fourth-order valence-corrected chi connectivity index (χ4v) is 5.98. The number of aryl methyl sites for hydroxylation is 2. The van der Waals surface area contributed by atoms with Gasteiger partial charge in [0.2, 0.25) is 5.91 Å². The molecule has 3 heterocycles. The SMILES string of the molecule is Cc1sc2nc(CSC(C)C(=O)N3CCCN(Cc4ccccc4)CC3)[nH]c(=O)c2c1C. The van der Waals surface area contributed by atoms with Crippen molar-refractivity contribution in [3.8, 4) is 0 Å². The molecule has 8 heteroatoms. The summed E-state index contributed by atoms with van der Waals surface area (Å²) in [5, 5.41) is 0.512. The van der Waals surface area contributed by atoms with Crippen LogP contribution in [0.15, 0.2) is 35.1 Å². The van der Waals surface area contributed by atoms with E-state index in [-0.39, 0.29) is 16.7 Å². The van der Waals surface area contributed by atoms with Crippen LogP contribution in [0.25, 0.3) is 10.2 Å². The van der Waals surface area contributed by atoms with Crippen LogP contribution in [0.1, 0.15) is 35.2 Å². The molecule has 2 aromatic heterocycles. The van der Waals surface area contributed by atoms with E-state index in [1.54, 1.807) is 11.3 Å². The standard InChI is InChI=1S/C24H30N4O2S2/c1-16-17(2)32-23-21(16)22(29)25-20(26-23)15-31-18(3)24(30)28-11-7-10-27(12-13-28)14-19-8-5-4-6-9-19/h4-6,8-9,18H,7,10-15H2,1-3H3,(H,25,26,29). The molecule has 1 amide bonds. The molecule has 32 heavy (non-hydrogen) atoms. The lowest BCUT2D eigenvalue weighted by Gasteiger charge is -2.24. The number of carbonyl (C=O) groups is 1. The number of nitrogens with one attached hydrogen (secondary N) is 1. The van der Waals surface area contributed by atoms with Crippen LogP contribution < -0.4 is 5.56 Å². The summed E-state index contributed by atoms with van der Waals surface area (Å²) in [5.74, 6) is 1.32. The molecule has 1 fully saturated rings. The number of benzene rings is 1. The number of thiophene rings is 1. The van der Waals surface area contributed by atoms with Gasteiger partial charge < -0.3 is 9.88 Å². The lowest BCUT2D eigenvalue weighted by Crippen LogP contribution is -2.39. The zero-order valence-electron chi connectivity index (χ0n) is 18.9. The molecule has 0 bridgehead atoms. The van der Waals surface area contributed by atoms with E-state index in [0.717, 1.165) is 54.4 Å². The van der Waals surface area contributed by atoms with Crippen LogP contribution >= 0.6 is 23.1 Å². The minimum Gasteiger partial charge on any atom is -0.340 e. The summed E-state index contributed by atoms with van der Waals surface area (Å²) in [5.41, 5.74) is 2.23.